The van der Waals surface area contributed by atoms with E-state index in [1.807, 2.05) is 30.3 Å². The molecule has 0 heterocycles. The average molecular weight is 346 g/mol. The van der Waals surface area contributed by atoms with Crippen LogP contribution in [0.25, 0.3) is 0 Å². The summed E-state index contributed by atoms with van der Waals surface area (Å²) >= 11 is 4.46. The van der Waals surface area contributed by atoms with Crippen LogP contribution in [0.15, 0.2) is 54.6 Å². The monoisotopic (exact) mass is 346 g/mol. The molecule has 1 atom stereocenters. The number of nitro groups is 1. The average Bonchev–Trinajstić information content (AvgIpc) is 2.61. The number of hydrogen-bond acceptors (Lipinski definition) is 5. The molecule has 6 nitrogen and oxygen atoms in total. The van der Waals surface area contributed by atoms with Crippen molar-refractivity contribution in [3.05, 3.63) is 75.8 Å². The third-order valence-corrected chi connectivity index (χ3v) is 3.94. The molecule has 0 saturated heterocycles. The topological polar surface area (TPSA) is 81.5 Å². The van der Waals surface area contributed by atoms with Gasteiger partial charge in [-0.05, 0) is 17.5 Å². The van der Waals surface area contributed by atoms with Crippen LogP contribution in [0.2, 0.25) is 0 Å². The minimum absolute atomic E-state index is 0.0434. The second-order valence-corrected chi connectivity index (χ2v) is 5.76. The maximum Gasteiger partial charge on any atom is 0.407 e. The van der Waals surface area contributed by atoms with Gasteiger partial charge in [0, 0.05) is 23.9 Å². The maximum atomic E-state index is 11.6. The number of nitro benzene ring substituents is 1. The molecule has 0 spiro atoms. The first-order valence-electron chi connectivity index (χ1n) is 7.43. The van der Waals surface area contributed by atoms with Gasteiger partial charge in [-0.1, -0.05) is 42.5 Å². The Morgan fingerprint density at radius 3 is 2.46 bits per heavy atom. The van der Waals surface area contributed by atoms with E-state index >= 15 is 0 Å². The Bertz CT molecular complexity index is 677. The Morgan fingerprint density at radius 2 is 1.83 bits per heavy atom. The van der Waals surface area contributed by atoms with Crippen molar-refractivity contribution in [2.75, 3.05) is 6.54 Å². The summed E-state index contributed by atoms with van der Waals surface area (Å²) in [5.74, 6) is 0. The van der Waals surface area contributed by atoms with Crippen LogP contribution in [-0.2, 0) is 11.3 Å². The lowest BCUT2D eigenvalue weighted by atomic mass is 10.1. The molecule has 2 aromatic carbocycles. The highest BCUT2D eigenvalue weighted by Crippen LogP contribution is 2.25. The number of nitrogens with zero attached hydrogens (tertiary/aromatic N) is 1. The van der Waals surface area contributed by atoms with Gasteiger partial charge in [0.1, 0.15) is 6.61 Å². The van der Waals surface area contributed by atoms with Gasteiger partial charge in [-0.3, -0.25) is 10.1 Å². The Hall–Kier alpha value is -2.54. The molecule has 2 aromatic rings. The lowest BCUT2D eigenvalue weighted by molar-refractivity contribution is -0.384. The van der Waals surface area contributed by atoms with E-state index in [1.54, 1.807) is 12.1 Å². The smallest absolute Gasteiger partial charge is 0.407 e. The third-order valence-electron chi connectivity index (χ3n) is 3.39. The van der Waals surface area contributed by atoms with Gasteiger partial charge < -0.3 is 10.1 Å². The summed E-state index contributed by atoms with van der Waals surface area (Å²) in [5.41, 5.74) is 1.83. The van der Waals surface area contributed by atoms with Gasteiger partial charge in [0.05, 0.1) is 4.92 Å². The fraction of sp³-hybridized carbons (Fsp3) is 0.235. The molecule has 24 heavy (non-hydrogen) atoms. The molecule has 0 aliphatic heterocycles. The van der Waals surface area contributed by atoms with E-state index in [2.05, 4.69) is 17.9 Å². The fourth-order valence-corrected chi connectivity index (χ4v) is 2.37. The summed E-state index contributed by atoms with van der Waals surface area (Å²) in [7, 11) is 0. The van der Waals surface area contributed by atoms with Gasteiger partial charge in [-0.2, -0.15) is 12.6 Å². The van der Waals surface area contributed by atoms with Crippen molar-refractivity contribution in [1.82, 2.24) is 5.32 Å². The summed E-state index contributed by atoms with van der Waals surface area (Å²) < 4.78 is 5.11. The van der Waals surface area contributed by atoms with Crippen molar-refractivity contribution >= 4 is 24.4 Å². The lowest BCUT2D eigenvalue weighted by Gasteiger charge is -2.12. The van der Waals surface area contributed by atoms with Crippen molar-refractivity contribution in [3.8, 4) is 0 Å². The Labute approximate surface area is 145 Å². The van der Waals surface area contributed by atoms with E-state index in [0.717, 1.165) is 11.1 Å². The number of carbonyl (C=O) groups is 1. The number of nitrogens with one attached hydrogen (secondary N) is 1. The highest BCUT2D eigenvalue weighted by atomic mass is 32.1. The summed E-state index contributed by atoms with van der Waals surface area (Å²) in [4.78, 5) is 21.8. The van der Waals surface area contributed by atoms with Crippen molar-refractivity contribution in [3.63, 3.8) is 0 Å². The van der Waals surface area contributed by atoms with Gasteiger partial charge >= 0.3 is 6.09 Å². The van der Waals surface area contributed by atoms with E-state index in [0.29, 0.717) is 13.0 Å². The van der Waals surface area contributed by atoms with Crippen LogP contribution in [0, 0.1) is 10.1 Å². The number of carbonyl (C=O) groups excluding carboxylic acids is 1. The predicted molar refractivity (Wildman–Crippen MR) is 94.1 cm³/mol. The largest absolute Gasteiger partial charge is 0.445 e. The molecule has 0 aromatic heterocycles. The number of ether oxygens (including phenoxy) is 1. The van der Waals surface area contributed by atoms with Gasteiger partial charge in [-0.15, -0.1) is 0 Å². The summed E-state index contributed by atoms with van der Waals surface area (Å²) in [5, 5.41) is 13.2. The van der Waals surface area contributed by atoms with Gasteiger partial charge in [0.2, 0.25) is 0 Å². The molecule has 1 amide bonds. The lowest BCUT2D eigenvalue weighted by Crippen LogP contribution is -2.25. The first-order chi connectivity index (χ1) is 11.6. The summed E-state index contributed by atoms with van der Waals surface area (Å²) in [6.07, 6.45) is 0.101. The number of non-ortho nitro benzene ring substituents is 1. The van der Waals surface area contributed by atoms with Crippen LogP contribution in [0.4, 0.5) is 10.5 Å². The zero-order valence-electron chi connectivity index (χ0n) is 12.9. The van der Waals surface area contributed by atoms with Crippen LogP contribution in [0.3, 0.4) is 0 Å². The molecule has 7 heteroatoms. The predicted octanol–water partition coefficient (Wildman–Crippen LogP) is 3.88. The second-order valence-electron chi connectivity index (χ2n) is 5.14. The van der Waals surface area contributed by atoms with E-state index in [-0.39, 0.29) is 17.5 Å². The van der Waals surface area contributed by atoms with Gasteiger partial charge in [-0.25, -0.2) is 4.79 Å². The Balaban J connectivity index is 1.70. The molecule has 0 bridgehead atoms. The molecule has 126 valence electrons. The van der Waals surface area contributed by atoms with Crippen molar-refractivity contribution in [2.24, 2.45) is 0 Å². The van der Waals surface area contributed by atoms with E-state index < -0.39 is 11.0 Å². The second kappa shape index (κ2) is 8.93. The quantitative estimate of drug-likeness (QED) is 0.453. The number of thiol groups is 1. The van der Waals surface area contributed by atoms with Gasteiger partial charge in [0.25, 0.3) is 5.69 Å². The standard InChI is InChI=1S/C17H18N2O4S/c20-17(23-12-13-4-2-1-3-5-13)18-11-10-16(24)14-6-8-15(9-7-14)19(21)22/h1-9,16,24H,10-12H2,(H,18,20). The normalized spacial score (nSPS) is 11.5. The molecule has 0 radical (unpaired) electrons. The third kappa shape index (κ3) is 5.58. The molecular formula is C17H18N2O4S. The zero-order valence-corrected chi connectivity index (χ0v) is 13.8. The summed E-state index contributed by atoms with van der Waals surface area (Å²) in [6, 6.07) is 15.7. The highest BCUT2D eigenvalue weighted by Gasteiger charge is 2.10. The molecule has 1 N–H and O–H groups in total. The fourth-order valence-electron chi connectivity index (χ4n) is 2.07. The molecule has 2 rings (SSSR count). The molecule has 0 aliphatic carbocycles. The zero-order chi connectivity index (χ0) is 17.4. The van der Waals surface area contributed by atoms with E-state index in [9.17, 15) is 14.9 Å². The number of benzene rings is 2. The van der Waals surface area contributed by atoms with Crippen LogP contribution in [-0.4, -0.2) is 17.6 Å². The molecule has 1 unspecified atom stereocenters. The minimum Gasteiger partial charge on any atom is -0.445 e. The molecule has 0 fully saturated rings. The SMILES string of the molecule is O=C(NCCC(S)c1ccc([N+](=O)[O-])cc1)OCc1ccccc1. The van der Waals surface area contributed by atoms with Crippen LogP contribution >= 0.6 is 12.6 Å². The molecular weight excluding hydrogens is 328 g/mol. The van der Waals surface area contributed by atoms with Crippen LogP contribution in [0.1, 0.15) is 22.8 Å². The van der Waals surface area contributed by atoms with Crippen LogP contribution < -0.4 is 5.32 Å². The van der Waals surface area contributed by atoms with E-state index in [1.165, 1.54) is 12.1 Å². The first-order valence-corrected chi connectivity index (χ1v) is 7.95. The Morgan fingerprint density at radius 1 is 1.17 bits per heavy atom. The first kappa shape index (κ1) is 17.8. The summed E-state index contributed by atoms with van der Waals surface area (Å²) in [6.45, 7) is 0.623. The number of alkyl carbamates (subject to hydrolysis) is 1. The van der Waals surface area contributed by atoms with Gasteiger partial charge in [0.15, 0.2) is 0 Å². The number of amides is 1. The van der Waals surface area contributed by atoms with Crippen molar-refractivity contribution < 1.29 is 14.5 Å². The highest BCUT2D eigenvalue weighted by molar-refractivity contribution is 7.80. The van der Waals surface area contributed by atoms with Crippen molar-refractivity contribution in [1.29, 1.82) is 0 Å². The van der Waals surface area contributed by atoms with Crippen LogP contribution in [0.5, 0.6) is 0 Å². The number of hydrogen-bond donors (Lipinski definition) is 2. The van der Waals surface area contributed by atoms with E-state index in [4.69, 9.17) is 4.74 Å². The minimum atomic E-state index is -0.483. The number of rotatable bonds is 7. The maximum absolute atomic E-state index is 11.6. The van der Waals surface area contributed by atoms with Crippen molar-refractivity contribution in [2.45, 2.75) is 18.3 Å². The molecule has 0 saturated carbocycles. The molecule has 0 aliphatic rings. The Kier molecular flexibility index (Phi) is 6.62.